The summed E-state index contributed by atoms with van der Waals surface area (Å²) in [7, 11) is 0. The Hall–Kier alpha value is -1.88. The molecule has 1 heterocycles. The molecule has 2 rings (SSSR count). The number of carbonyl (C=O) groups excluding carboxylic acids is 1. The number of hydrogen-bond acceptors (Lipinski definition) is 3. The van der Waals surface area contributed by atoms with Crippen molar-refractivity contribution in [2.75, 3.05) is 11.1 Å². The van der Waals surface area contributed by atoms with Crippen molar-refractivity contribution >= 4 is 33.3 Å². The average molecular weight is 306 g/mol. The number of anilines is 2. The summed E-state index contributed by atoms with van der Waals surface area (Å²) in [6, 6.07) is 8.74. The van der Waals surface area contributed by atoms with Crippen molar-refractivity contribution in [1.29, 1.82) is 0 Å². The SMILES string of the molecule is Cc1ccnc(NC(=O)c2cc(N)cc(Br)c2)c1. The molecule has 0 saturated carbocycles. The molecule has 0 spiro atoms. The van der Waals surface area contributed by atoms with E-state index in [0.717, 1.165) is 10.0 Å². The average Bonchev–Trinajstić information content (AvgIpc) is 2.27. The zero-order valence-electron chi connectivity index (χ0n) is 9.77. The fourth-order valence-electron chi connectivity index (χ4n) is 1.54. The molecular weight excluding hydrogens is 294 g/mol. The summed E-state index contributed by atoms with van der Waals surface area (Å²) < 4.78 is 0.768. The monoisotopic (exact) mass is 305 g/mol. The van der Waals surface area contributed by atoms with E-state index in [2.05, 4.69) is 26.2 Å². The van der Waals surface area contributed by atoms with Gasteiger partial charge in [-0.2, -0.15) is 0 Å². The maximum absolute atomic E-state index is 12.0. The molecule has 1 amide bonds. The lowest BCUT2D eigenvalue weighted by molar-refractivity contribution is 0.102. The number of benzene rings is 1. The molecule has 0 aliphatic heterocycles. The fraction of sp³-hybridized carbons (Fsp3) is 0.0769. The molecule has 0 aliphatic rings. The van der Waals surface area contributed by atoms with Crippen LogP contribution in [0.15, 0.2) is 41.0 Å². The minimum atomic E-state index is -0.235. The van der Waals surface area contributed by atoms with E-state index in [0.29, 0.717) is 17.1 Å². The number of pyridine rings is 1. The highest BCUT2D eigenvalue weighted by atomic mass is 79.9. The minimum absolute atomic E-state index is 0.235. The first-order valence-electron chi connectivity index (χ1n) is 5.34. The van der Waals surface area contributed by atoms with Crippen molar-refractivity contribution in [3.8, 4) is 0 Å². The first-order chi connectivity index (χ1) is 8.54. The van der Waals surface area contributed by atoms with Crippen molar-refractivity contribution in [3.05, 3.63) is 52.1 Å². The number of aromatic nitrogens is 1. The summed E-state index contributed by atoms with van der Waals surface area (Å²) in [6.45, 7) is 1.94. The third-order valence-electron chi connectivity index (χ3n) is 2.34. The number of carbonyl (C=O) groups is 1. The number of halogens is 1. The normalized spacial score (nSPS) is 10.1. The van der Waals surface area contributed by atoms with Crippen LogP contribution in [-0.2, 0) is 0 Å². The number of rotatable bonds is 2. The van der Waals surface area contributed by atoms with Crippen LogP contribution in [0.2, 0.25) is 0 Å². The number of nitrogens with zero attached hydrogens (tertiary/aromatic N) is 1. The Bertz CT molecular complexity index is 578. The second kappa shape index (κ2) is 5.18. The van der Waals surface area contributed by atoms with Crippen LogP contribution in [-0.4, -0.2) is 10.9 Å². The van der Waals surface area contributed by atoms with Crippen LogP contribution >= 0.6 is 15.9 Å². The van der Waals surface area contributed by atoms with Gasteiger partial charge in [-0.15, -0.1) is 0 Å². The highest BCUT2D eigenvalue weighted by Crippen LogP contribution is 2.18. The molecule has 1 aromatic carbocycles. The predicted molar refractivity (Wildman–Crippen MR) is 75.5 cm³/mol. The van der Waals surface area contributed by atoms with Gasteiger partial charge in [0.25, 0.3) is 5.91 Å². The number of nitrogens with one attached hydrogen (secondary N) is 1. The quantitative estimate of drug-likeness (QED) is 0.838. The van der Waals surface area contributed by atoms with Crippen LogP contribution in [0.5, 0.6) is 0 Å². The summed E-state index contributed by atoms with van der Waals surface area (Å²) in [5.41, 5.74) is 7.75. The number of nitrogen functional groups attached to an aromatic ring is 1. The molecule has 0 bridgehead atoms. The summed E-state index contributed by atoms with van der Waals surface area (Å²) in [6.07, 6.45) is 1.65. The lowest BCUT2D eigenvalue weighted by Crippen LogP contribution is -2.13. The predicted octanol–water partition coefficient (Wildman–Crippen LogP) is 2.99. The molecule has 1 aromatic heterocycles. The Balaban J connectivity index is 2.22. The van der Waals surface area contributed by atoms with E-state index in [9.17, 15) is 4.79 Å². The number of hydrogen-bond donors (Lipinski definition) is 2. The van der Waals surface area contributed by atoms with Crippen LogP contribution in [0.1, 0.15) is 15.9 Å². The molecule has 0 unspecified atom stereocenters. The Morgan fingerprint density at radius 2 is 2.11 bits per heavy atom. The van der Waals surface area contributed by atoms with E-state index in [-0.39, 0.29) is 5.91 Å². The number of aryl methyl sites for hydroxylation is 1. The van der Waals surface area contributed by atoms with Gasteiger partial charge in [-0.05, 0) is 42.8 Å². The van der Waals surface area contributed by atoms with Crippen molar-refractivity contribution in [2.24, 2.45) is 0 Å². The van der Waals surface area contributed by atoms with Crippen molar-refractivity contribution in [2.45, 2.75) is 6.92 Å². The third kappa shape index (κ3) is 3.07. The van der Waals surface area contributed by atoms with Crippen molar-refractivity contribution < 1.29 is 4.79 Å². The Labute approximate surface area is 113 Å². The van der Waals surface area contributed by atoms with Gasteiger partial charge in [0.15, 0.2) is 0 Å². The van der Waals surface area contributed by atoms with E-state index in [1.807, 2.05) is 13.0 Å². The van der Waals surface area contributed by atoms with Crippen LogP contribution < -0.4 is 11.1 Å². The Morgan fingerprint density at radius 3 is 2.78 bits per heavy atom. The Kier molecular flexibility index (Phi) is 3.62. The summed E-state index contributed by atoms with van der Waals surface area (Å²) in [5.74, 6) is 0.291. The standard InChI is InChI=1S/C13H12BrN3O/c1-8-2-3-16-12(4-8)17-13(18)9-5-10(14)7-11(15)6-9/h2-7H,15H2,1H3,(H,16,17,18). The largest absolute Gasteiger partial charge is 0.399 e. The van der Waals surface area contributed by atoms with E-state index < -0.39 is 0 Å². The molecule has 3 N–H and O–H groups in total. The smallest absolute Gasteiger partial charge is 0.256 e. The summed E-state index contributed by atoms with van der Waals surface area (Å²) in [4.78, 5) is 16.1. The molecule has 92 valence electrons. The Morgan fingerprint density at radius 1 is 1.33 bits per heavy atom. The highest BCUT2D eigenvalue weighted by Gasteiger charge is 2.08. The van der Waals surface area contributed by atoms with E-state index in [4.69, 9.17) is 5.73 Å². The first-order valence-corrected chi connectivity index (χ1v) is 6.14. The highest BCUT2D eigenvalue weighted by molar-refractivity contribution is 9.10. The van der Waals surface area contributed by atoms with Crippen molar-refractivity contribution in [1.82, 2.24) is 4.98 Å². The van der Waals surface area contributed by atoms with Gasteiger partial charge in [-0.1, -0.05) is 15.9 Å². The second-order valence-electron chi connectivity index (χ2n) is 3.95. The fourth-order valence-corrected chi connectivity index (χ4v) is 2.05. The van der Waals surface area contributed by atoms with Gasteiger partial charge in [-0.3, -0.25) is 4.79 Å². The lowest BCUT2D eigenvalue weighted by Gasteiger charge is -2.06. The first kappa shape index (κ1) is 12.6. The van der Waals surface area contributed by atoms with Gasteiger partial charge < -0.3 is 11.1 Å². The van der Waals surface area contributed by atoms with Crippen LogP contribution in [0.25, 0.3) is 0 Å². The zero-order valence-corrected chi connectivity index (χ0v) is 11.4. The van der Waals surface area contributed by atoms with E-state index in [1.165, 1.54) is 0 Å². The van der Waals surface area contributed by atoms with Gasteiger partial charge in [0.05, 0.1) is 0 Å². The summed E-state index contributed by atoms with van der Waals surface area (Å²) >= 11 is 3.30. The summed E-state index contributed by atoms with van der Waals surface area (Å²) in [5, 5.41) is 2.73. The third-order valence-corrected chi connectivity index (χ3v) is 2.80. The molecule has 18 heavy (non-hydrogen) atoms. The maximum Gasteiger partial charge on any atom is 0.256 e. The van der Waals surface area contributed by atoms with E-state index in [1.54, 1.807) is 30.5 Å². The van der Waals surface area contributed by atoms with Crippen LogP contribution in [0.3, 0.4) is 0 Å². The molecule has 5 heteroatoms. The maximum atomic E-state index is 12.0. The minimum Gasteiger partial charge on any atom is -0.399 e. The molecule has 0 aliphatic carbocycles. The molecule has 0 radical (unpaired) electrons. The lowest BCUT2D eigenvalue weighted by atomic mass is 10.2. The number of nitrogens with two attached hydrogens (primary N) is 1. The molecule has 0 fully saturated rings. The molecule has 0 atom stereocenters. The second-order valence-corrected chi connectivity index (χ2v) is 4.86. The number of amides is 1. The van der Waals surface area contributed by atoms with Gasteiger partial charge in [0.2, 0.25) is 0 Å². The molecule has 4 nitrogen and oxygen atoms in total. The molecule has 0 saturated heterocycles. The van der Waals surface area contributed by atoms with E-state index >= 15 is 0 Å². The van der Waals surface area contributed by atoms with Crippen molar-refractivity contribution in [3.63, 3.8) is 0 Å². The van der Waals surface area contributed by atoms with Gasteiger partial charge in [0.1, 0.15) is 5.82 Å². The molecular formula is C13H12BrN3O. The van der Waals surface area contributed by atoms with Gasteiger partial charge >= 0.3 is 0 Å². The van der Waals surface area contributed by atoms with Gasteiger partial charge in [-0.25, -0.2) is 4.98 Å². The van der Waals surface area contributed by atoms with Crippen LogP contribution in [0, 0.1) is 6.92 Å². The molecule has 2 aromatic rings. The topological polar surface area (TPSA) is 68.0 Å². The van der Waals surface area contributed by atoms with Crippen LogP contribution in [0.4, 0.5) is 11.5 Å². The zero-order chi connectivity index (χ0) is 13.1. The van der Waals surface area contributed by atoms with Gasteiger partial charge in [0, 0.05) is 21.9 Å².